The van der Waals surface area contributed by atoms with Crippen molar-refractivity contribution < 1.29 is 9.47 Å². The quantitative estimate of drug-likeness (QED) is 0.605. The summed E-state index contributed by atoms with van der Waals surface area (Å²) < 4.78 is 13.5. The Labute approximate surface area is 156 Å². The van der Waals surface area contributed by atoms with E-state index in [2.05, 4.69) is 27.3 Å². The summed E-state index contributed by atoms with van der Waals surface area (Å²) >= 11 is 0. The topological polar surface area (TPSA) is 76.8 Å². The van der Waals surface area contributed by atoms with E-state index >= 15 is 0 Å². The molecule has 2 aliphatic heterocycles. The lowest BCUT2D eigenvalue weighted by Gasteiger charge is -2.34. The summed E-state index contributed by atoms with van der Waals surface area (Å²) in [6.45, 7) is 8.92. The Bertz CT molecular complexity index is 589. The molecule has 2 aliphatic rings. The minimum absolute atomic E-state index is 0.290. The zero-order chi connectivity index (χ0) is 18.4. The lowest BCUT2D eigenvalue weighted by molar-refractivity contribution is 0.0261. The molecule has 146 valence electrons. The lowest BCUT2D eigenvalue weighted by Crippen LogP contribution is -2.48. The number of piperidine rings is 1. The number of rotatable bonds is 6. The summed E-state index contributed by atoms with van der Waals surface area (Å²) in [5, 5.41) is 11.9. The molecule has 0 radical (unpaired) electrons. The summed E-state index contributed by atoms with van der Waals surface area (Å²) in [5.41, 5.74) is 0. The van der Waals surface area contributed by atoms with Crippen LogP contribution in [0.25, 0.3) is 0 Å². The number of nitrogens with one attached hydrogen (secondary N) is 1. The zero-order valence-electron chi connectivity index (χ0n) is 16.3. The Morgan fingerprint density at radius 3 is 2.73 bits per heavy atom. The van der Waals surface area contributed by atoms with Crippen LogP contribution in [0.4, 0.5) is 0 Å². The van der Waals surface area contributed by atoms with Gasteiger partial charge in [-0.15, -0.1) is 10.2 Å². The Morgan fingerprint density at radius 1 is 1.31 bits per heavy atom. The van der Waals surface area contributed by atoms with Crippen molar-refractivity contribution in [2.24, 2.45) is 12.0 Å². The summed E-state index contributed by atoms with van der Waals surface area (Å²) in [5.74, 6) is 2.72. The van der Waals surface area contributed by atoms with Gasteiger partial charge in [0.15, 0.2) is 11.8 Å². The van der Waals surface area contributed by atoms with Gasteiger partial charge in [0.1, 0.15) is 12.4 Å². The molecule has 3 heterocycles. The first kappa shape index (κ1) is 19.1. The molecule has 0 aliphatic carbocycles. The van der Waals surface area contributed by atoms with Gasteiger partial charge in [0.2, 0.25) is 0 Å². The van der Waals surface area contributed by atoms with Crippen molar-refractivity contribution in [3.05, 3.63) is 11.6 Å². The van der Waals surface area contributed by atoms with Gasteiger partial charge in [0.25, 0.3) is 0 Å². The molecule has 1 N–H and O–H groups in total. The monoisotopic (exact) mass is 364 g/mol. The molecular formula is C18H32N6O2. The van der Waals surface area contributed by atoms with E-state index in [1.54, 1.807) is 0 Å². The predicted molar refractivity (Wildman–Crippen MR) is 100 cm³/mol. The predicted octanol–water partition coefficient (Wildman–Crippen LogP) is 1.25. The fourth-order valence-corrected chi connectivity index (χ4v) is 3.48. The highest BCUT2D eigenvalue weighted by molar-refractivity contribution is 5.80. The van der Waals surface area contributed by atoms with E-state index in [4.69, 9.17) is 14.5 Å². The number of aryl methyl sites for hydroxylation is 1. The van der Waals surface area contributed by atoms with Crippen LogP contribution in [0.1, 0.15) is 44.3 Å². The molecule has 1 aromatic rings. The van der Waals surface area contributed by atoms with Gasteiger partial charge in [-0.3, -0.25) is 0 Å². The average molecular weight is 364 g/mol. The van der Waals surface area contributed by atoms with Crippen molar-refractivity contribution in [1.29, 1.82) is 0 Å². The number of hydrogen-bond acceptors (Lipinski definition) is 5. The number of nitrogens with zero attached hydrogens (tertiary/aromatic N) is 5. The number of likely N-dealkylation sites (tertiary alicyclic amines) is 1. The van der Waals surface area contributed by atoms with Crippen LogP contribution in [-0.4, -0.2) is 70.7 Å². The third-order valence-corrected chi connectivity index (χ3v) is 5.21. The minimum atomic E-state index is 0.290. The fourth-order valence-electron chi connectivity index (χ4n) is 3.48. The summed E-state index contributed by atoms with van der Waals surface area (Å²) in [7, 11) is 1.98. The van der Waals surface area contributed by atoms with Gasteiger partial charge in [-0.1, -0.05) is 0 Å². The molecule has 3 rings (SSSR count). The number of aliphatic imine (C=N–C) groups is 1. The van der Waals surface area contributed by atoms with Crippen molar-refractivity contribution in [3.63, 3.8) is 0 Å². The molecule has 26 heavy (non-hydrogen) atoms. The Balaban J connectivity index is 1.62. The number of guanidine groups is 1. The standard InChI is InChI=1S/C18H32N6O2/c1-4-25-15-7-9-24(10-8-15)18(19-12-16-6-5-11-26-16)20-13-17-22-21-14(2)23(17)3/h15-16H,4-13H2,1-3H3,(H,19,20). The van der Waals surface area contributed by atoms with Crippen molar-refractivity contribution in [1.82, 2.24) is 25.0 Å². The SMILES string of the molecule is CCOC1CCN(C(=NCc2nnc(C)n2C)NCC2CCCO2)CC1. The van der Waals surface area contributed by atoms with E-state index in [-0.39, 0.29) is 0 Å². The van der Waals surface area contributed by atoms with Crippen LogP contribution in [0.2, 0.25) is 0 Å². The van der Waals surface area contributed by atoms with Crippen molar-refractivity contribution >= 4 is 5.96 Å². The molecule has 1 atom stereocenters. The Morgan fingerprint density at radius 2 is 2.12 bits per heavy atom. The third-order valence-electron chi connectivity index (χ3n) is 5.21. The molecule has 8 heteroatoms. The van der Waals surface area contributed by atoms with Gasteiger partial charge in [-0.05, 0) is 39.5 Å². The zero-order valence-corrected chi connectivity index (χ0v) is 16.3. The van der Waals surface area contributed by atoms with Crippen molar-refractivity contribution in [2.45, 2.75) is 58.3 Å². The first-order chi connectivity index (χ1) is 12.7. The first-order valence-corrected chi connectivity index (χ1v) is 9.78. The van der Waals surface area contributed by atoms with Gasteiger partial charge in [-0.2, -0.15) is 0 Å². The molecule has 2 saturated heterocycles. The summed E-state index contributed by atoms with van der Waals surface area (Å²) in [6.07, 6.45) is 5.01. The van der Waals surface area contributed by atoms with Crippen LogP contribution in [0.15, 0.2) is 4.99 Å². The Hall–Kier alpha value is -1.67. The third kappa shape index (κ3) is 4.94. The second-order valence-electron chi connectivity index (χ2n) is 7.02. The molecule has 8 nitrogen and oxygen atoms in total. The van der Waals surface area contributed by atoms with Crippen LogP contribution in [0.3, 0.4) is 0 Å². The molecule has 1 aromatic heterocycles. The van der Waals surface area contributed by atoms with Crippen molar-refractivity contribution in [3.8, 4) is 0 Å². The maximum atomic E-state index is 5.77. The highest BCUT2D eigenvalue weighted by Gasteiger charge is 2.23. The molecule has 2 fully saturated rings. The number of ether oxygens (including phenoxy) is 2. The average Bonchev–Trinajstić information content (AvgIpc) is 3.28. The lowest BCUT2D eigenvalue weighted by atomic mass is 10.1. The van der Waals surface area contributed by atoms with E-state index in [9.17, 15) is 0 Å². The van der Waals surface area contributed by atoms with Crippen LogP contribution in [0.5, 0.6) is 0 Å². The van der Waals surface area contributed by atoms with Gasteiger partial charge >= 0.3 is 0 Å². The van der Waals surface area contributed by atoms with Crippen LogP contribution < -0.4 is 5.32 Å². The molecule has 0 spiro atoms. The molecule has 1 unspecified atom stereocenters. The van der Waals surface area contributed by atoms with Gasteiger partial charge in [-0.25, -0.2) is 4.99 Å². The first-order valence-electron chi connectivity index (χ1n) is 9.78. The number of hydrogen-bond donors (Lipinski definition) is 1. The van der Waals surface area contributed by atoms with E-state index in [1.807, 2.05) is 18.5 Å². The second-order valence-corrected chi connectivity index (χ2v) is 7.02. The van der Waals surface area contributed by atoms with E-state index in [0.29, 0.717) is 18.8 Å². The van der Waals surface area contributed by atoms with E-state index < -0.39 is 0 Å². The maximum absolute atomic E-state index is 5.77. The minimum Gasteiger partial charge on any atom is -0.378 e. The normalized spacial score (nSPS) is 22.2. The van der Waals surface area contributed by atoms with E-state index in [1.165, 1.54) is 0 Å². The second kappa shape index (κ2) is 9.32. The van der Waals surface area contributed by atoms with Crippen LogP contribution in [-0.2, 0) is 23.1 Å². The van der Waals surface area contributed by atoms with Gasteiger partial charge in [0, 0.05) is 39.9 Å². The summed E-state index contributed by atoms with van der Waals surface area (Å²) in [4.78, 5) is 7.16. The summed E-state index contributed by atoms with van der Waals surface area (Å²) in [6, 6.07) is 0. The molecule has 0 saturated carbocycles. The number of aromatic nitrogens is 3. The van der Waals surface area contributed by atoms with Gasteiger partial charge < -0.3 is 24.3 Å². The maximum Gasteiger partial charge on any atom is 0.194 e. The molecular weight excluding hydrogens is 332 g/mol. The van der Waals surface area contributed by atoms with E-state index in [0.717, 1.165) is 76.1 Å². The molecule has 0 amide bonds. The smallest absolute Gasteiger partial charge is 0.194 e. The van der Waals surface area contributed by atoms with Crippen LogP contribution in [0, 0.1) is 6.92 Å². The Kier molecular flexibility index (Phi) is 6.85. The highest BCUT2D eigenvalue weighted by atomic mass is 16.5. The van der Waals surface area contributed by atoms with Gasteiger partial charge in [0.05, 0.1) is 12.2 Å². The largest absolute Gasteiger partial charge is 0.378 e. The fraction of sp³-hybridized carbons (Fsp3) is 0.833. The highest BCUT2D eigenvalue weighted by Crippen LogP contribution is 2.15. The molecule has 0 bridgehead atoms. The molecule has 0 aromatic carbocycles. The van der Waals surface area contributed by atoms with Crippen LogP contribution >= 0.6 is 0 Å². The van der Waals surface area contributed by atoms with Crippen molar-refractivity contribution in [2.75, 3.05) is 32.8 Å².